The van der Waals surface area contributed by atoms with E-state index in [0.717, 1.165) is 47.8 Å². The van der Waals surface area contributed by atoms with Crippen molar-refractivity contribution in [1.82, 2.24) is 4.98 Å². The molecule has 0 fully saturated rings. The summed E-state index contributed by atoms with van der Waals surface area (Å²) >= 11 is 0. The maximum atomic E-state index is 12.6. The molecule has 0 spiro atoms. The number of hydrogen-bond donors (Lipinski definition) is 0. The molecule has 1 aromatic carbocycles. The molecule has 2 heteroatoms. The van der Waals surface area contributed by atoms with Gasteiger partial charge in [0, 0.05) is 22.6 Å². The number of rotatable bonds is 6. The van der Waals surface area contributed by atoms with Crippen molar-refractivity contribution in [3.63, 3.8) is 0 Å². The monoisotopic (exact) mass is 269 g/mol. The normalized spacial score (nSPS) is 11.2. The van der Waals surface area contributed by atoms with Crippen LogP contribution in [0.15, 0.2) is 30.3 Å². The van der Waals surface area contributed by atoms with Gasteiger partial charge in [0.05, 0.1) is 5.52 Å². The van der Waals surface area contributed by atoms with Crippen LogP contribution in [0.3, 0.4) is 0 Å². The number of ketones is 1. The Morgan fingerprint density at radius 2 is 1.80 bits per heavy atom. The summed E-state index contributed by atoms with van der Waals surface area (Å²) < 4.78 is 0. The lowest BCUT2D eigenvalue weighted by Gasteiger charge is -2.14. The van der Waals surface area contributed by atoms with Crippen molar-refractivity contribution in [3.05, 3.63) is 41.6 Å². The smallest absolute Gasteiger partial charge is 0.165 e. The molecule has 0 N–H and O–H groups in total. The quantitative estimate of drug-likeness (QED) is 0.695. The molecular formula is C18H23NO. The highest BCUT2D eigenvalue weighted by Gasteiger charge is 2.18. The van der Waals surface area contributed by atoms with Gasteiger partial charge >= 0.3 is 0 Å². The third-order valence-electron chi connectivity index (χ3n) is 3.76. The summed E-state index contributed by atoms with van der Waals surface area (Å²) in [6.07, 6.45) is 4.09. The Bertz CT molecular complexity index is 597. The first-order valence-corrected chi connectivity index (χ1v) is 7.57. The number of Topliss-reactive ketones (excluding diaryl/α,β-unsaturated/α-hetero) is 1. The van der Waals surface area contributed by atoms with E-state index in [1.54, 1.807) is 0 Å². The van der Waals surface area contributed by atoms with E-state index in [9.17, 15) is 4.79 Å². The van der Waals surface area contributed by atoms with Crippen molar-refractivity contribution < 1.29 is 4.79 Å². The van der Waals surface area contributed by atoms with E-state index in [2.05, 4.69) is 18.8 Å². The minimum Gasteiger partial charge on any atom is -0.294 e. The SMILES string of the molecule is CCCC(CCC)C(=O)c1ccc2nc(C)ccc2c1. The third-order valence-corrected chi connectivity index (χ3v) is 3.76. The van der Waals surface area contributed by atoms with E-state index in [1.807, 2.05) is 37.3 Å². The molecule has 2 rings (SSSR count). The first kappa shape index (κ1) is 14.7. The molecule has 0 radical (unpaired) electrons. The standard InChI is InChI=1S/C18H23NO/c1-4-6-14(7-5-2)18(20)16-10-11-17-15(12-16)9-8-13(3)19-17/h8-12,14H,4-7H2,1-3H3. The van der Waals surface area contributed by atoms with Gasteiger partial charge in [-0.15, -0.1) is 0 Å². The Labute approximate surface area is 121 Å². The maximum Gasteiger partial charge on any atom is 0.165 e. The van der Waals surface area contributed by atoms with Gasteiger partial charge in [0.25, 0.3) is 0 Å². The average molecular weight is 269 g/mol. The van der Waals surface area contributed by atoms with Gasteiger partial charge < -0.3 is 0 Å². The largest absolute Gasteiger partial charge is 0.294 e. The molecule has 0 saturated heterocycles. The lowest BCUT2D eigenvalue weighted by Crippen LogP contribution is -2.14. The summed E-state index contributed by atoms with van der Waals surface area (Å²) in [5, 5.41) is 1.05. The zero-order valence-electron chi connectivity index (χ0n) is 12.6. The van der Waals surface area contributed by atoms with E-state index in [0.29, 0.717) is 0 Å². The summed E-state index contributed by atoms with van der Waals surface area (Å²) in [5.41, 5.74) is 2.80. The Morgan fingerprint density at radius 1 is 1.10 bits per heavy atom. The predicted octanol–water partition coefficient (Wildman–Crippen LogP) is 4.94. The second kappa shape index (κ2) is 6.65. The molecular weight excluding hydrogens is 246 g/mol. The number of nitrogens with zero attached hydrogens (tertiary/aromatic N) is 1. The van der Waals surface area contributed by atoms with Crippen molar-refractivity contribution in [3.8, 4) is 0 Å². The lowest BCUT2D eigenvalue weighted by atomic mass is 9.89. The van der Waals surface area contributed by atoms with Crippen LogP contribution in [-0.2, 0) is 0 Å². The van der Waals surface area contributed by atoms with E-state index in [4.69, 9.17) is 0 Å². The second-order valence-corrected chi connectivity index (χ2v) is 5.50. The minimum absolute atomic E-state index is 0.167. The Morgan fingerprint density at radius 3 is 2.45 bits per heavy atom. The fourth-order valence-electron chi connectivity index (χ4n) is 2.72. The highest BCUT2D eigenvalue weighted by molar-refractivity contribution is 6.00. The topological polar surface area (TPSA) is 30.0 Å². The van der Waals surface area contributed by atoms with E-state index < -0.39 is 0 Å². The van der Waals surface area contributed by atoms with Crippen molar-refractivity contribution in [2.24, 2.45) is 5.92 Å². The molecule has 0 bridgehead atoms. The van der Waals surface area contributed by atoms with Gasteiger partial charge in [0.15, 0.2) is 5.78 Å². The Kier molecular flexibility index (Phi) is 4.89. The number of aryl methyl sites for hydroxylation is 1. The number of benzene rings is 1. The van der Waals surface area contributed by atoms with Crippen LogP contribution in [0.2, 0.25) is 0 Å². The minimum atomic E-state index is 0.167. The first-order chi connectivity index (χ1) is 9.65. The Balaban J connectivity index is 2.31. The summed E-state index contributed by atoms with van der Waals surface area (Å²) in [6, 6.07) is 9.91. The van der Waals surface area contributed by atoms with Crippen LogP contribution >= 0.6 is 0 Å². The number of pyridine rings is 1. The molecule has 2 nitrogen and oxygen atoms in total. The Hall–Kier alpha value is -1.70. The highest BCUT2D eigenvalue weighted by Crippen LogP contribution is 2.22. The molecule has 0 aliphatic rings. The van der Waals surface area contributed by atoms with Gasteiger partial charge in [-0.3, -0.25) is 9.78 Å². The molecule has 0 aliphatic carbocycles. The number of carbonyl (C=O) groups excluding carboxylic acids is 1. The number of carbonyl (C=O) groups is 1. The molecule has 2 aromatic rings. The molecule has 0 aliphatic heterocycles. The van der Waals surface area contributed by atoms with Crippen LogP contribution in [0.1, 0.15) is 55.6 Å². The summed E-state index contributed by atoms with van der Waals surface area (Å²) in [7, 11) is 0. The van der Waals surface area contributed by atoms with Crippen LogP contribution in [-0.4, -0.2) is 10.8 Å². The average Bonchev–Trinajstić information content (AvgIpc) is 2.45. The number of fused-ring (bicyclic) bond motifs is 1. The molecule has 0 atom stereocenters. The van der Waals surface area contributed by atoms with E-state index in [1.165, 1.54) is 0 Å². The summed E-state index contributed by atoms with van der Waals surface area (Å²) in [5.74, 6) is 0.456. The first-order valence-electron chi connectivity index (χ1n) is 7.57. The van der Waals surface area contributed by atoms with Crippen LogP contribution in [0, 0.1) is 12.8 Å². The van der Waals surface area contributed by atoms with Crippen LogP contribution < -0.4 is 0 Å². The fraction of sp³-hybridized carbons (Fsp3) is 0.444. The number of hydrogen-bond acceptors (Lipinski definition) is 2. The lowest BCUT2D eigenvalue weighted by molar-refractivity contribution is 0.0905. The third kappa shape index (κ3) is 3.24. The van der Waals surface area contributed by atoms with Crippen LogP contribution in [0.5, 0.6) is 0 Å². The van der Waals surface area contributed by atoms with Crippen molar-refractivity contribution in [2.45, 2.75) is 46.5 Å². The van der Waals surface area contributed by atoms with Crippen LogP contribution in [0.25, 0.3) is 10.9 Å². The van der Waals surface area contributed by atoms with E-state index in [-0.39, 0.29) is 11.7 Å². The molecule has 0 unspecified atom stereocenters. The summed E-state index contributed by atoms with van der Waals surface area (Å²) in [6.45, 7) is 6.27. The van der Waals surface area contributed by atoms with Crippen molar-refractivity contribution in [1.29, 1.82) is 0 Å². The second-order valence-electron chi connectivity index (χ2n) is 5.50. The molecule has 0 amide bonds. The highest BCUT2D eigenvalue weighted by atomic mass is 16.1. The molecule has 106 valence electrons. The zero-order chi connectivity index (χ0) is 14.5. The molecule has 0 saturated carbocycles. The van der Waals surface area contributed by atoms with Gasteiger partial charge in [-0.25, -0.2) is 0 Å². The fourth-order valence-corrected chi connectivity index (χ4v) is 2.72. The van der Waals surface area contributed by atoms with Crippen molar-refractivity contribution in [2.75, 3.05) is 0 Å². The maximum absolute atomic E-state index is 12.6. The van der Waals surface area contributed by atoms with Gasteiger partial charge in [-0.05, 0) is 44.0 Å². The van der Waals surface area contributed by atoms with Gasteiger partial charge in [-0.1, -0.05) is 32.8 Å². The van der Waals surface area contributed by atoms with Crippen molar-refractivity contribution >= 4 is 16.7 Å². The molecule has 1 aromatic heterocycles. The number of aromatic nitrogens is 1. The van der Waals surface area contributed by atoms with Gasteiger partial charge in [0.2, 0.25) is 0 Å². The summed E-state index contributed by atoms with van der Waals surface area (Å²) in [4.78, 5) is 17.1. The molecule has 1 heterocycles. The van der Waals surface area contributed by atoms with Gasteiger partial charge in [-0.2, -0.15) is 0 Å². The molecule has 20 heavy (non-hydrogen) atoms. The van der Waals surface area contributed by atoms with Crippen LogP contribution in [0.4, 0.5) is 0 Å². The van der Waals surface area contributed by atoms with Gasteiger partial charge in [0.1, 0.15) is 0 Å². The zero-order valence-corrected chi connectivity index (χ0v) is 12.6. The van der Waals surface area contributed by atoms with E-state index >= 15 is 0 Å². The predicted molar refractivity (Wildman–Crippen MR) is 84.1 cm³/mol.